The monoisotopic (exact) mass is 205 g/mol. The van der Waals surface area contributed by atoms with Gasteiger partial charge in [0.05, 0.1) is 0 Å². The van der Waals surface area contributed by atoms with Gasteiger partial charge in [-0.1, -0.05) is 18.2 Å². The Morgan fingerprint density at radius 2 is 2.20 bits per heavy atom. The molecule has 0 fully saturated rings. The first kappa shape index (κ1) is 10.7. The van der Waals surface area contributed by atoms with Gasteiger partial charge >= 0.3 is 0 Å². The summed E-state index contributed by atoms with van der Waals surface area (Å²) in [4.78, 5) is 0. The van der Waals surface area contributed by atoms with E-state index in [2.05, 4.69) is 25.1 Å². The van der Waals surface area contributed by atoms with Crippen molar-refractivity contribution in [2.24, 2.45) is 5.73 Å². The summed E-state index contributed by atoms with van der Waals surface area (Å²) >= 11 is 0. The number of nitrogens with two attached hydrogens (primary N) is 1. The summed E-state index contributed by atoms with van der Waals surface area (Å²) in [6.07, 6.45) is 3.63. The third-order valence-electron chi connectivity index (χ3n) is 3.56. The molecule has 1 atom stereocenters. The summed E-state index contributed by atoms with van der Waals surface area (Å²) in [6, 6.07) is 6.49. The Bertz CT molecular complexity index is 356. The maximum absolute atomic E-state index is 5.82. The van der Waals surface area contributed by atoms with Gasteiger partial charge in [0.2, 0.25) is 0 Å². The summed E-state index contributed by atoms with van der Waals surface area (Å²) in [6.45, 7) is 2.60. The quantitative estimate of drug-likeness (QED) is 0.819. The number of hydrogen-bond acceptors (Lipinski definition) is 2. The number of benzene rings is 1. The van der Waals surface area contributed by atoms with Gasteiger partial charge in [0.15, 0.2) is 0 Å². The number of hydrogen-bond donors (Lipinski definition) is 1. The van der Waals surface area contributed by atoms with Crippen LogP contribution in [0.25, 0.3) is 0 Å². The van der Waals surface area contributed by atoms with Gasteiger partial charge in [-0.3, -0.25) is 0 Å². The van der Waals surface area contributed by atoms with Gasteiger partial charge in [0.1, 0.15) is 5.60 Å². The molecular weight excluding hydrogens is 186 g/mol. The number of aryl methyl sites for hydroxylation is 1. The lowest BCUT2D eigenvalue weighted by Crippen LogP contribution is -2.34. The fourth-order valence-electron chi connectivity index (χ4n) is 2.42. The maximum atomic E-state index is 5.82. The molecule has 0 aromatic heterocycles. The highest BCUT2D eigenvalue weighted by atomic mass is 16.5. The fraction of sp³-hybridized carbons (Fsp3) is 0.538. The van der Waals surface area contributed by atoms with Crippen LogP contribution >= 0.6 is 0 Å². The molecule has 1 unspecified atom stereocenters. The first-order valence-corrected chi connectivity index (χ1v) is 5.58. The molecule has 1 aromatic carbocycles. The zero-order valence-electron chi connectivity index (χ0n) is 9.55. The molecule has 2 nitrogen and oxygen atoms in total. The van der Waals surface area contributed by atoms with E-state index in [0.29, 0.717) is 6.54 Å². The van der Waals surface area contributed by atoms with Crippen molar-refractivity contribution < 1.29 is 4.74 Å². The van der Waals surface area contributed by atoms with Gasteiger partial charge in [0, 0.05) is 13.7 Å². The highest BCUT2D eigenvalue weighted by Gasteiger charge is 2.29. The van der Waals surface area contributed by atoms with E-state index in [1.165, 1.54) is 36.0 Å². The molecule has 15 heavy (non-hydrogen) atoms. The third kappa shape index (κ3) is 1.68. The number of ether oxygens (including phenoxy) is 1. The second-order valence-electron chi connectivity index (χ2n) is 4.44. The van der Waals surface area contributed by atoms with Crippen molar-refractivity contribution in [2.75, 3.05) is 13.7 Å². The lowest BCUT2D eigenvalue weighted by atomic mass is 9.89. The molecule has 0 amide bonds. The average Bonchev–Trinajstić information content (AvgIpc) is 2.75. The highest BCUT2D eigenvalue weighted by Crippen LogP contribution is 2.33. The van der Waals surface area contributed by atoms with E-state index in [1.54, 1.807) is 7.11 Å². The van der Waals surface area contributed by atoms with Crippen molar-refractivity contribution in [2.45, 2.75) is 31.8 Å². The van der Waals surface area contributed by atoms with E-state index in [9.17, 15) is 0 Å². The van der Waals surface area contributed by atoms with Gasteiger partial charge in [0.25, 0.3) is 0 Å². The number of methoxy groups -OCH3 is 1. The van der Waals surface area contributed by atoms with Crippen molar-refractivity contribution >= 4 is 0 Å². The standard InChI is InChI=1S/C13H19NO/c1-13(9-14,15-2)12-8-4-6-10-5-3-7-11(10)12/h4,6,8H,3,5,7,9,14H2,1-2H3. The largest absolute Gasteiger partial charge is 0.372 e. The van der Waals surface area contributed by atoms with Crippen LogP contribution < -0.4 is 5.73 Å². The molecule has 1 aromatic rings. The lowest BCUT2D eigenvalue weighted by molar-refractivity contribution is 0.00941. The lowest BCUT2D eigenvalue weighted by Gasteiger charge is -2.29. The molecule has 0 saturated heterocycles. The Morgan fingerprint density at radius 3 is 2.87 bits per heavy atom. The second-order valence-corrected chi connectivity index (χ2v) is 4.44. The molecule has 1 aliphatic carbocycles. The van der Waals surface area contributed by atoms with Crippen LogP contribution in [-0.2, 0) is 23.2 Å². The van der Waals surface area contributed by atoms with Gasteiger partial charge in [-0.05, 0) is 42.9 Å². The Morgan fingerprint density at radius 1 is 1.40 bits per heavy atom. The Hall–Kier alpha value is -0.860. The van der Waals surface area contributed by atoms with Crippen LogP contribution in [0.5, 0.6) is 0 Å². The maximum Gasteiger partial charge on any atom is 0.102 e. The molecule has 0 heterocycles. The predicted molar refractivity (Wildman–Crippen MR) is 61.9 cm³/mol. The zero-order chi connectivity index (χ0) is 10.9. The first-order chi connectivity index (χ1) is 7.21. The fourth-order valence-corrected chi connectivity index (χ4v) is 2.42. The van der Waals surface area contributed by atoms with Gasteiger partial charge in [-0.25, -0.2) is 0 Å². The van der Waals surface area contributed by atoms with E-state index < -0.39 is 0 Å². The van der Waals surface area contributed by atoms with Gasteiger partial charge in [-0.2, -0.15) is 0 Å². The van der Waals surface area contributed by atoms with E-state index >= 15 is 0 Å². The molecule has 2 rings (SSSR count). The Kier molecular flexibility index (Phi) is 2.81. The Balaban J connectivity index is 2.48. The first-order valence-electron chi connectivity index (χ1n) is 5.58. The molecule has 0 aliphatic heterocycles. The SMILES string of the molecule is COC(C)(CN)c1cccc2c1CCC2. The molecule has 0 saturated carbocycles. The zero-order valence-corrected chi connectivity index (χ0v) is 9.55. The minimum Gasteiger partial charge on any atom is -0.372 e. The van der Waals surface area contributed by atoms with Crippen molar-refractivity contribution in [3.63, 3.8) is 0 Å². The summed E-state index contributed by atoms with van der Waals surface area (Å²) < 4.78 is 5.57. The second kappa shape index (κ2) is 3.95. The van der Waals surface area contributed by atoms with Crippen molar-refractivity contribution in [1.82, 2.24) is 0 Å². The van der Waals surface area contributed by atoms with E-state index in [-0.39, 0.29) is 5.60 Å². The molecule has 0 bridgehead atoms. The highest BCUT2D eigenvalue weighted by molar-refractivity contribution is 5.41. The summed E-state index contributed by atoms with van der Waals surface area (Å²) in [5.41, 5.74) is 9.72. The topological polar surface area (TPSA) is 35.2 Å². The van der Waals surface area contributed by atoms with Crippen molar-refractivity contribution in [3.8, 4) is 0 Å². The molecule has 0 radical (unpaired) electrons. The molecule has 0 spiro atoms. The molecule has 1 aliphatic rings. The van der Waals surface area contributed by atoms with Crippen LogP contribution in [0.3, 0.4) is 0 Å². The Labute approximate surface area is 91.4 Å². The summed E-state index contributed by atoms with van der Waals surface area (Å²) in [5, 5.41) is 0. The third-order valence-corrected chi connectivity index (χ3v) is 3.56. The number of fused-ring (bicyclic) bond motifs is 1. The molecule has 2 N–H and O–H groups in total. The average molecular weight is 205 g/mol. The summed E-state index contributed by atoms with van der Waals surface area (Å²) in [5.74, 6) is 0. The van der Waals surface area contributed by atoms with Crippen LogP contribution in [0.2, 0.25) is 0 Å². The molecular formula is C13H19NO. The van der Waals surface area contributed by atoms with Crippen molar-refractivity contribution in [1.29, 1.82) is 0 Å². The summed E-state index contributed by atoms with van der Waals surface area (Å²) in [7, 11) is 1.74. The van der Waals surface area contributed by atoms with Gasteiger partial charge < -0.3 is 10.5 Å². The minimum absolute atomic E-state index is 0.324. The number of rotatable bonds is 3. The smallest absolute Gasteiger partial charge is 0.102 e. The van der Waals surface area contributed by atoms with E-state index in [0.717, 1.165) is 0 Å². The molecule has 2 heteroatoms. The van der Waals surface area contributed by atoms with Crippen LogP contribution in [0.15, 0.2) is 18.2 Å². The van der Waals surface area contributed by atoms with Crippen LogP contribution in [0.4, 0.5) is 0 Å². The van der Waals surface area contributed by atoms with Gasteiger partial charge in [-0.15, -0.1) is 0 Å². The van der Waals surface area contributed by atoms with E-state index in [4.69, 9.17) is 10.5 Å². The van der Waals surface area contributed by atoms with Crippen LogP contribution in [0, 0.1) is 0 Å². The van der Waals surface area contributed by atoms with E-state index in [1.807, 2.05) is 0 Å². The molecule has 82 valence electrons. The van der Waals surface area contributed by atoms with Crippen LogP contribution in [0.1, 0.15) is 30.0 Å². The van der Waals surface area contributed by atoms with Crippen molar-refractivity contribution in [3.05, 3.63) is 34.9 Å². The normalized spacial score (nSPS) is 18.6. The van der Waals surface area contributed by atoms with Crippen LogP contribution in [-0.4, -0.2) is 13.7 Å². The predicted octanol–water partition coefficient (Wildman–Crippen LogP) is 2.00. The minimum atomic E-state index is -0.324.